The monoisotopic (exact) mass is 329 g/mol. The van der Waals surface area contributed by atoms with Crippen LogP contribution < -0.4 is 5.32 Å². The summed E-state index contributed by atoms with van der Waals surface area (Å²) in [5.41, 5.74) is 1.40. The van der Waals surface area contributed by atoms with E-state index in [1.807, 2.05) is 6.08 Å². The molecule has 1 nitrogen and oxygen atoms in total. The second-order valence-electron chi connectivity index (χ2n) is 3.88. The third-order valence-corrected chi connectivity index (χ3v) is 3.27. The maximum atomic E-state index is 3.77. The van der Waals surface area contributed by atoms with Gasteiger partial charge in [0.05, 0.1) is 0 Å². The number of rotatable bonds is 7. The molecule has 88 valence electrons. The predicted molar refractivity (Wildman–Crippen MR) is 79.6 cm³/mol. The van der Waals surface area contributed by atoms with Crippen molar-refractivity contribution in [3.05, 3.63) is 46.1 Å². The first-order valence-corrected chi connectivity index (χ1v) is 6.95. The molecule has 0 spiro atoms. The van der Waals surface area contributed by atoms with Crippen LogP contribution in [0.15, 0.2) is 36.9 Å². The lowest BCUT2D eigenvalue weighted by molar-refractivity contribution is 0.500. The second kappa shape index (κ2) is 7.85. The summed E-state index contributed by atoms with van der Waals surface area (Å²) in [6.07, 6.45) is 5.48. The van der Waals surface area contributed by atoms with E-state index in [0.717, 1.165) is 13.0 Å². The molecule has 1 unspecified atom stereocenters. The molecule has 0 bridgehead atoms. The quantitative estimate of drug-likeness (QED) is 0.447. The molecule has 1 aromatic rings. The van der Waals surface area contributed by atoms with E-state index in [9.17, 15) is 0 Å². The lowest BCUT2D eigenvalue weighted by Crippen LogP contribution is -2.20. The molecule has 1 rings (SSSR count). The van der Waals surface area contributed by atoms with Crippen molar-refractivity contribution in [2.24, 2.45) is 0 Å². The Morgan fingerprint density at radius 3 is 2.94 bits per heavy atom. The summed E-state index contributed by atoms with van der Waals surface area (Å²) in [5, 5.41) is 3.55. The van der Waals surface area contributed by atoms with Gasteiger partial charge in [0, 0.05) is 9.61 Å². The lowest BCUT2D eigenvalue weighted by Gasteiger charge is -2.18. The maximum Gasteiger partial charge on any atom is 0.0320 e. The average Bonchev–Trinajstić information content (AvgIpc) is 2.28. The molecule has 0 saturated heterocycles. The van der Waals surface area contributed by atoms with Crippen molar-refractivity contribution in [3.63, 3.8) is 0 Å². The van der Waals surface area contributed by atoms with Crippen LogP contribution in [0, 0.1) is 3.57 Å². The molecule has 0 saturated carbocycles. The Balaban J connectivity index is 2.64. The molecule has 0 amide bonds. The van der Waals surface area contributed by atoms with Crippen molar-refractivity contribution in [2.75, 3.05) is 6.54 Å². The number of hydrogen-bond acceptors (Lipinski definition) is 1. The zero-order valence-corrected chi connectivity index (χ0v) is 12.0. The molecule has 1 aromatic carbocycles. The van der Waals surface area contributed by atoms with E-state index in [0.29, 0.717) is 6.04 Å². The minimum atomic E-state index is 0.486. The number of allylic oxidation sites excluding steroid dienone is 1. The lowest BCUT2D eigenvalue weighted by atomic mass is 10.0. The molecule has 1 N–H and O–H groups in total. The molecule has 0 aliphatic carbocycles. The van der Waals surface area contributed by atoms with E-state index in [4.69, 9.17) is 0 Å². The fraction of sp³-hybridized carbons (Fsp3) is 0.429. The Morgan fingerprint density at radius 2 is 2.31 bits per heavy atom. The van der Waals surface area contributed by atoms with Crippen LogP contribution in [0.4, 0.5) is 0 Å². The van der Waals surface area contributed by atoms with Crippen molar-refractivity contribution >= 4 is 22.6 Å². The molecule has 0 radical (unpaired) electrons. The van der Waals surface area contributed by atoms with Crippen LogP contribution in [0.1, 0.15) is 37.8 Å². The van der Waals surface area contributed by atoms with Crippen molar-refractivity contribution in [2.45, 2.75) is 32.2 Å². The molecule has 1 atom stereocenters. The van der Waals surface area contributed by atoms with Gasteiger partial charge >= 0.3 is 0 Å². The van der Waals surface area contributed by atoms with Crippen LogP contribution >= 0.6 is 22.6 Å². The fourth-order valence-electron chi connectivity index (χ4n) is 1.82. The average molecular weight is 329 g/mol. The van der Waals surface area contributed by atoms with Gasteiger partial charge in [0.2, 0.25) is 0 Å². The van der Waals surface area contributed by atoms with Crippen molar-refractivity contribution in [1.82, 2.24) is 5.32 Å². The Hall–Kier alpha value is -0.350. The van der Waals surface area contributed by atoms with Crippen molar-refractivity contribution in [3.8, 4) is 0 Å². The van der Waals surface area contributed by atoms with Gasteiger partial charge in [0.1, 0.15) is 0 Å². The highest BCUT2D eigenvalue weighted by Gasteiger charge is 2.09. The Morgan fingerprint density at radius 1 is 1.50 bits per heavy atom. The van der Waals surface area contributed by atoms with Gasteiger partial charge in [-0.3, -0.25) is 0 Å². The maximum absolute atomic E-state index is 3.77. The third-order valence-electron chi connectivity index (χ3n) is 2.60. The van der Waals surface area contributed by atoms with E-state index in [2.05, 4.69) is 65.7 Å². The van der Waals surface area contributed by atoms with Gasteiger partial charge in [0.25, 0.3) is 0 Å². The van der Waals surface area contributed by atoms with Gasteiger partial charge in [-0.2, -0.15) is 0 Å². The van der Waals surface area contributed by atoms with Gasteiger partial charge in [-0.15, -0.1) is 6.58 Å². The highest BCUT2D eigenvalue weighted by atomic mass is 127. The first kappa shape index (κ1) is 13.7. The normalized spacial score (nSPS) is 12.4. The zero-order chi connectivity index (χ0) is 11.8. The summed E-state index contributed by atoms with van der Waals surface area (Å²) >= 11 is 2.37. The predicted octanol–water partition coefficient (Wildman–Crippen LogP) is 4.30. The van der Waals surface area contributed by atoms with Crippen LogP contribution in [-0.4, -0.2) is 6.54 Å². The van der Waals surface area contributed by atoms with E-state index in [1.165, 1.54) is 22.0 Å². The Labute approximate surface area is 112 Å². The largest absolute Gasteiger partial charge is 0.310 e. The molecule has 0 aromatic heterocycles. The Kier molecular flexibility index (Phi) is 6.73. The molecule has 0 aliphatic heterocycles. The SMILES string of the molecule is C=CCCCC(NCC)c1cccc(I)c1. The fourth-order valence-corrected chi connectivity index (χ4v) is 2.39. The molecule has 2 heteroatoms. The number of halogens is 1. The topological polar surface area (TPSA) is 12.0 Å². The summed E-state index contributed by atoms with van der Waals surface area (Å²) in [7, 11) is 0. The van der Waals surface area contributed by atoms with E-state index >= 15 is 0 Å². The number of nitrogens with one attached hydrogen (secondary N) is 1. The smallest absolute Gasteiger partial charge is 0.0320 e. The highest BCUT2D eigenvalue weighted by molar-refractivity contribution is 14.1. The van der Waals surface area contributed by atoms with Gasteiger partial charge in [-0.05, 0) is 66.1 Å². The van der Waals surface area contributed by atoms with Crippen molar-refractivity contribution < 1.29 is 0 Å². The molecule has 0 heterocycles. The first-order valence-electron chi connectivity index (χ1n) is 5.87. The molecule has 0 aliphatic rings. The zero-order valence-electron chi connectivity index (χ0n) is 9.88. The van der Waals surface area contributed by atoms with E-state index in [-0.39, 0.29) is 0 Å². The van der Waals surface area contributed by atoms with Crippen molar-refractivity contribution in [1.29, 1.82) is 0 Å². The van der Waals surface area contributed by atoms with Gasteiger partial charge in [-0.25, -0.2) is 0 Å². The number of hydrogen-bond donors (Lipinski definition) is 1. The summed E-state index contributed by atoms with van der Waals surface area (Å²) in [6, 6.07) is 9.23. The van der Waals surface area contributed by atoms with E-state index in [1.54, 1.807) is 0 Å². The minimum absolute atomic E-state index is 0.486. The minimum Gasteiger partial charge on any atom is -0.310 e. The number of benzene rings is 1. The first-order chi connectivity index (χ1) is 7.77. The van der Waals surface area contributed by atoms with Gasteiger partial charge in [0.15, 0.2) is 0 Å². The van der Waals surface area contributed by atoms with E-state index < -0.39 is 0 Å². The summed E-state index contributed by atoms with van der Waals surface area (Å²) in [6.45, 7) is 6.95. The summed E-state index contributed by atoms with van der Waals surface area (Å²) in [5.74, 6) is 0. The summed E-state index contributed by atoms with van der Waals surface area (Å²) in [4.78, 5) is 0. The van der Waals surface area contributed by atoms with Crippen LogP contribution in [0.25, 0.3) is 0 Å². The molecular formula is C14H20IN. The van der Waals surface area contributed by atoms with Crippen LogP contribution in [0.5, 0.6) is 0 Å². The highest BCUT2D eigenvalue weighted by Crippen LogP contribution is 2.21. The third kappa shape index (κ3) is 4.66. The Bertz CT molecular complexity index is 322. The molecular weight excluding hydrogens is 309 g/mol. The van der Waals surface area contributed by atoms with Gasteiger partial charge < -0.3 is 5.32 Å². The molecule has 16 heavy (non-hydrogen) atoms. The van der Waals surface area contributed by atoms with Crippen LogP contribution in [0.2, 0.25) is 0 Å². The van der Waals surface area contributed by atoms with Crippen LogP contribution in [-0.2, 0) is 0 Å². The van der Waals surface area contributed by atoms with Crippen LogP contribution in [0.3, 0.4) is 0 Å². The number of unbranched alkanes of at least 4 members (excludes halogenated alkanes) is 1. The van der Waals surface area contributed by atoms with Gasteiger partial charge in [-0.1, -0.05) is 25.1 Å². The second-order valence-corrected chi connectivity index (χ2v) is 5.13. The standard InChI is InChI=1S/C14H20IN/c1-3-5-6-10-14(16-4-2)12-8-7-9-13(15)11-12/h3,7-9,11,14,16H,1,4-6,10H2,2H3. The molecule has 0 fully saturated rings. The summed E-state index contributed by atoms with van der Waals surface area (Å²) < 4.78 is 1.31.